The molecule has 146 valence electrons. The average molecular weight is 387 g/mol. The number of aromatic nitrogens is 2. The molecule has 3 heterocycles. The van der Waals surface area contributed by atoms with E-state index in [2.05, 4.69) is 11.0 Å². The van der Waals surface area contributed by atoms with Gasteiger partial charge in [0.05, 0.1) is 28.1 Å². The number of nitrogens with zero attached hydrogens (tertiary/aromatic N) is 5. The zero-order valence-corrected chi connectivity index (χ0v) is 16.2. The Bertz CT molecular complexity index is 1180. The first kappa shape index (κ1) is 17.7. The van der Waals surface area contributed by atoms with Crippen LogP contribution in [0.25, 0.3) is 11.0 Å². The molecule has 2 aliphatic rings. The fraction of sp³-hybridized carbons (Fsp3) is 0.364. The first-order valence-corrected chi connectivity index (χ1v) is 9.92. The number of hydrogen-bond acceptors (Lipinski definition) is 5. The molecule has 0 saturated carbocycles. The van der Waals surface area contributed by atoms with E-state index >= 15 is 0 Å². The molecule has 0 amide bonds. The van der Waals surface area contributed by atoms with Gasteiger partial charge < -0.3 is 9.47 Å². The standard InChI is InChI=1S/C22H21N5O2/c1-25-19-7-3-2-6-17(19)24-21(25)22(14-23)13-15-12-16(27(28)29)9-10-18(15)26-11-5-4-8-20(22)26/h2-3,6-7,9-10,12,20H,4-5,8,11,13H2,1H3. The van der Waals surface area contributed by atoms with Crippen LogP contribution in [0.5, 0.6) is 0 Å². The maximum atomic E-state index is 11.4. The van der Waals surface area contributed by atoms with Crippen LogP contribution in [0, 0.1) is 21.4 Å². The van der Waals surface area contributed by atoms with Crippen LogP contribution < -0.4 is 4.90 Å². The molecule has 2 aromatic carbocycles. The van der Waals surface area contributed by atoms with E-state index in [0.717, 1.165) is 53.9 Å². The van der Waals surface area contributed by atoms with Gasteiger partial charge in [0.2, 0.25) is 0 Å². The van der Waals surface area contributed by atoms with E-state index in [4.69, 9.17) is 4.98 Å². The summed E-state index contributed by atoms with van der Waals surface area (Å²) >= 11 is 0. The van der Waals surface area contributed by atoms with E-state index in [1.54, 1.807) is 12.1 Å². The number of rotatable bonds is 2. The van der Waals surface area contributed by atoms with Crippen molar-refractivity contribution < 1.29 is 4.92 Å². The third-order valence-corrected chi connectivity index (χ3v) is 6.51. The summed E-state index contributed by atoms with van der Waals surface area (Å²) in [5, 5.41) is 21.9. The minimum absolute atomic E-state index is 0.00529. The SMILES string of the molecule is Cn1c(C2(C#N)Cc3cc([N+](=O)[O-])ccc3N3CCCCC32)nc2ccccc21. The van der Waals surface area contributed by atoms with Crippen molar-refractivity contribution in [3.8, 4) is 6.07 Å². The quantitative estimate of drug-likeness (QED) is 0.492. The molecule has 3 aromatic rings. The van der Waals surface area contributed by atoms with Crippen LogP contribution in [0.3, 0.4) is 0 Å². The van der Waals surface area contributed by atoms with Gasteiger partial charge in [-0.25, -0.2) is 4.98 Å². The number of nitro groups is 1. The molecule has 7 nitrogen and oxygen atoms in total. The predicted octanol–water partition coefficient (Wildman–Crippen LogP) is 3.86. The van der Waals surface area contributed by atoms with Gasteiger partial charge in [-0.15, -0.1) is 0 Å². The van der Waals surface area contributed by atoms with Gasteiger partial charge in [0.25, 0.3) is 5.69 Å². The van der Waals surface area contributed by atoms with Gasteiger partial charge in [-0.2, -0.15) is 5.26 Å². The topological polar surface area (TPSA) is 88.0 Å². The number of hydrogen-bond donors (Lipinski definition) is 0. The number of non-ortho nitro benzene ring substituents is 1. The minimum Gasteiger partial charge on any atom is -0.366 e. The maximum Gasteiger partial charge on any atom is 0.269 e. The van der Waals surface area contributed by atoms with Gasteiger partial charge in [-0.1, -0.05) is 12.1 Å². The van der Waals surface area contributed by atoms with Crippen molar-refractivity contribution in [2.24, 2.45) is 7.05 Å². The molecule has 0 spiro atoms. The van der Waals surface area contributed by atoms with E-state index in [1.807, 2.05) is 41.9 Å². The van der Waals surface area contributed by atoms with Crippen LogP contribution in [-0.4, -0.2) is 27.1 Å². The Morgan fingerprint density at radius 1 is 1.28 bits per heavy atom. The number of benzene rings is 2. The van der Waals surface area contributed by atoms with Crippen LogP contribution in [0.2, 0.25) is 0 Å². The van der Waals surface area contributed by atoms with Crippen molar-refractivity contribution in [1.82, 2.24) is 9.55 Å². The third kappa shape index (κ3) is 2.45. The highest BCUT2D eigenvalue weighted by Crippen LogP contribution is 2.47. The van der Waals surface area contributed by atoms with Gasteiger partial charge >= 0.3 is 0 Å². The molecule has 1 aromatic heterocycles. The molecule has 0 radical (unpaired) electrons. The average Bonchev–Trinajstić information content (AvgIpc) is 3.10. The fourth-order valence-electron chi connectivity index (χ4n) is 5.19. The first-order valence-electron chi connectivity index (χ1n) is 9.92. The van der Waals surface area contributed by atoms with Crippen LogP contribution in [0.4, 0.5) is 11.4 Å². The lowest BCUT2D eigenvalue weighted by Gasteiger charge is -2.50. The van der Waals surface area contributed by atoms with Crippen LogP contribution >= 0.6 is 0 Å². The predicted molar refractivity (Wildman–Crippen MR) is 110 cm³/mol. The second-order valence-electron chi connectivity index (χ2n) is 8.02. The van der Waals surface area contributed by atoms with Crippen molar-refractivity contribution in [2.75, 3.05) is 11.4 Å². The smallest absolute Gasteiger partial charge is 0.269 e. The summed E-state index contributed by atoms with van der Waals surface area (Å²) in [7, 11) is 1.96. The van der Waals surface area contributed by atoms with Gasteiger partial charge in [0.15, 0.2) is 0 Å². The lowest BCUT2D eigenvalue weighted by atomic mass is 9.68. The Hall–Kier alpha value is -3.40. The Labute approximate surface area is 168 Å². The van der Waals surface area contributed by atoms with E-state index < -0.39 is 5.41 Å². The molecule has 29 heavy (non-hydrogen) atoms. The van der Waals surface area contributed by atoms with Gasteiger partial charge in [-0.3, -0.25) is 10.1 Å². The minimum atomic E-state index is -0.851. The summed E-state index contributed by atoms with van der Waals surface area (Å²) in [4.78, 5) is 18.1. The number of anilines is 1. The molecule has 2 unspecified atom stereocenters. The summed E-state index contributed by atoms with van der Waals surface area (Å²) in [6.07, 6.45) is 3.46. The van der Waals surface area contributed by atoms with Crippen molar-refractivity contribution in [3.63, 3.8) is 0 Å². The molecule has 1 saturated heterocycles. The van der Waals surface area contributed by atoms with Crippen LogP contribution in [-0.2, 0) is 18.9 Å². The first-order chi connectivity index (χ1) is 14.0. The largest absolute Gasteiger partial charge is 0.366 e. The normalized spacial score (nSPS) is 23.3. The summed E-state index contributed by atoms with van der Waals surface area (Å²) in [5.41, 5.74) is 2.94. The summed E-state index contributed by atoms with van der Waals surface area (Å²) in [6, 6.07) is 15.6. The summed E-state index contributed by atoms with van der Waals surface area (Å²) in [6.45, 7) is 0.850. The molecular formula is C22H21N5O2. The number of aryl methyl sites for hydroxylation is 1. The monoisotopic (exact) mass is 387 g/mol. The number of para-hydroxylation sites is 2. The van der Waals surface area contributed by atoms with E-state index in [1.165, 1.54) is 0 Å². The highest BCUT2D eigenvalue weighted by Gasteiger charge is 2.51. The number of nitriles is 1. The van der Waals surface area contributed by atoms with Gasteiger partial charge in [0.1, 0.15) is 11.2 Å². The third-order valence-electron chi connectivity index (χ3n) is 6.51. The number of nitro benzene ring substituents is 1. The van der Waals surface area contributed by atoms with E-state index in [9.17, 15) is 15.4 Å². The Kier molecular flexibility index (Phi) is 3.85. The lowest BCUT2D eigenvalue weighted by Crippen LogP contribution is -2.57. The Morgan fingerprint density at radius 2 is 2.10 bits per heavy atom. The fourth-order valence-corrected chi connectivity index (χ4v) is 5.19. The maximum absolute atomic E-state index is 11.4. The van der Waals surface area contributed by atoms with Crippen molar-refractivity contribution >= 4 is 22.4 Å². The second kappa shape index (κ2) is 6.31. The molecule has 2 aliphatic heterocycles. The van der Waals surface area contributed by atoms with E-state index in [0.29, 0.717) is 6.42 Å². The molecule has 1 fully saturated rings. The molecule has 5 rings (SSSR count). The van der Waals surface area contributed by atoms with Crippen LogP contribution in [0.1, 0.15) is 30.7 Å². The number of imidazole rings is 1. The van der Waals surface area contributed by atoms with Crippen molar-refractivity contribution in [3.05, 3.63) is 64.0 Å². The zero-order valence-electron chi connectivity index (χ0n) is 16.2. The molecular weight excluding hydrogens is 366 g/mol. The Morgan fingerprint density at radius 3 is 2.86 bits per heavy atom. The number of fused-ring (bicyclic) bond motifs is 4. The molecule has 0 N–H and O–H groups in total. The molecule has 0 aliphatic carbocycles. The summed E-state index contributed by atoms with van der Waals surface area (Å²) < 4.78 is 2.02. The molecule has 0 bridgehead atoms. The molecule has 7 heteroatoms. The number of piperidine rings is 1. The second-order valence-corrected chi connectivity index (χ2v) is 8.02. The zero-order chi connectivity index (χ0) is 20.2. The highest BCUT2D eigenvalue weighted by atomic mass is 16.6. The van der Waals surface area contributed by atoms with Crippen molar-refractivity contribution in [1.29, 1.82) is 5.26 Å². The van der Waals surface area contributed by atoms with Gasteiger partial charge in [-0.05, 0) is 43.0 Å². The molecule has 2 atom stereocenters. The Balaban J connectivity index is 1.75. The van der Waals surface area contributed by atoms with Crippen molar-refractivity contribution in [2.45, 2.75) is 37.1 Å². The summed E-state index contributed by atoms with van der Waals surface area (Å²) in [5.74, 6) is 0.746. The lowest BCUT2D eigenvalue weighted by molar-refractivity contribution is -0.384. The van der Waals surface area contributed by atoms with Gasteiger partial charge in [0, 0.05) is 37.8 Å². The highest BCUT2D eigenvalue weighted by molar-refractivity contribution is 5.77. The van der Waals surface area contributed by atoms with E-state index in [-0.39, 0.29) is 16.7 Å². The van der Waals surface area contributed by atoms with Crippen LogP contribution in [0.15, 0.2) is 42.5 Å².